The number of nitrogens with two attached hydrogens (primary N) is 1. The highest BCUT2D eigenvalue weighted by molar-refractivity contribution is 5.79. The lowest BCUT2D eigenvalue weighted by Gasteiger charge is -2.18. The van der Waals surface area contributed by atoms with Crippen LogP contribution in [0.5, 0.6) is 5.75 Å². The van der Waals surface area contributed by atoms with Gasteiger partial charge in [-0.2, -0.15) is 0 Å². The number of benzene rings is 1. The van der Waals surface area contributed by atoms with Crippen molar-refractivity contribution in [3.63, 3.8) is 0 Å². The summed E-state index contributed by atoms with van der Waals surface area (Å²) in [6.45, 7) is 4.88. The van der Waals surface area contributed by atoms with E-state index in [4.69, 9.17) is 10.5 Å². The zero-order valence-electron chi connectivity index (χ0n) is 15.0. The summed E-state index contributed by atoms with van der Waals surface area (Å²) in [5.41, 5.74) is 6.12. The van der Waals surface area contributed by atoms with Gasteiger partial charge < -0.3 is 21.1 Å². The lowest BCUT2D eigenvalue weighted by Crippen LogP contribution is -2.41. The van der Waals surface area contributed by atoms with Crippen molar-refractivity contribution in [1.29, 1.82) is 0 Å². The third-order valence-electron chi connectivity index (χ3n) is 3.59. The summed E-state index contributed by atoms with van der Waals surface area (Å²) in [7, 11) is 1.76. The summed E-state index contributed by atoms with van der Waals surface area (Å²) in [5.74, 6) is 0.923. The molecule has 4 N–H and O–H groups in total. The summed E-state index contributed by atoms with van der Waals surface area (Å²) in [6, 6.07) is 7.94. The quantitative estimate of drug-likeness (QED) is 0.348. The van der Waals surface area contributed by atoms with Gasteiger partial charge in [-0.1, -0.05) is 38.3 Å². The molecule has 24 heavy (non-hydrogen) atoms. The van der Waals surface area contributed by atoms with Gasteiger partial charge in [0, 0.05) is 19.6 Å². The van der Waals surface area contributed by atoms with E-state index in [9.17, 15) is 4.79 Å². The fraction of sp³-hybridized carbons (Fsp3) is 0.556. The molecule has 0 saturated heterocycles. The molecule has 0 spiro atoms. The first-order valence-electron chi connectivity index (χ1n) is 8.52. The van der Waals surface area contributed by atoms with Gasteiger partial charge >= 0.3 is 0 Å². The minimum atomic E-state index is -0.486. The molecular weight excluding hydrogens is 304 g/mol. The van der Waals surface area contributed by atoms with Gasteiger partial charge in [0.05, 0.1) is 0 Å². The molecule has 134 valence electrons. The number of rotatable bonds is 10. The number of carbonyl (C=O) groups is 1. The Morgan fingerprint density at radius 1 is 1.38 bits per heavy atom. The van der Waals surface area contributed by atoms with Gasteiger partial charge in [-0.15, -0.1) is 0 Å². The van der Waals surface area contributed by atoms with Crippen LogP contribution in [0.25, 0.3) is 0 Å². The Morgan fingerprint density at radius 3 is 2.83 bits per heavy atom. The second kappa shape index (κ2) is 11.3. The van der Waals surface area contributed by atoms with Crippen molar-refractivity contribution in [2.45, 2.75) is 52.1 Å². The predicted octanol–water partition coefficient (Wildman–Crippen LogP) is 2.18. The van der Waals surface area contributed by atoms with E-state index in [0.29, 0.717) is 18.3 Å². The number of carbonyl (C=O) groups excluding carboxylic acids is 1. The number of primary amides is 1. The smallest absolute Gasteiger partial charge is 0.255 e. The normalized spacial score (nSPS) is 12.5. The van der Waals surface area contributed by atoms with Crippen LogP contribution in [0.2, 0.25) is 0 Å². The molecule has 0 saturated carbocycles. The topological polar surface area (TPSA) is 88.7 Å². The van der Waals surface area contributed by atoms with E-state index in [2.05, 4.69) is 29.5 Å². The molecule has 1 aromatic carbocycles. The molecule has 1 aromatic rings. The average molecular weight is 334 g/mol. The number of hydrogen-bond donors (Lipinski definition) is 3. The highest BCUT2D eigenvalue weighted by atomic mass is 16.5. The maximum absolute atomic E-state index is 10.8. The zero-order valence-corrected chi connectivity index (χ0v) is 15.0. The van der Waals surface area contributed by atoms with Crippen molar-refractivity contribution in [2.75, 3.05) is 13.7 Å². The van der Waals surface area contributed by atoms with Crippen LogP contribution in [0.15, 0.2) is 29.3 Å². The van der Waals surface area contributed by atoms with E-state index in [-0.39, 0.29) is 6.61 Å². The number of nitrogens with one attached hydrogen (secondary N) is 2. The first kappa shape index (κ1) is 19.8. The number of hydrogen-bond acceptors (Lipinski definition) is 3. The fourth-order valence-electron chi connectivity index (χ4n) is 2.29. The molecule has 1 amide bonds. The number of ether oxygens (including phenoxy) is 1. The van der Waals surface area contributed by atoms with Gasteiger partial charge in [-0.3, -0.25) is 9.79 Å². The fourth-order valence-corrected chi connectivity index (χ4v) is 2.29. The minimum absolute atomic E-state index is 0.116. The van der Waals surface area contributed by atoms with E-state index in [0.717, 1.165) is 17.9 Å². The standard InChI is InChI=1S/C18H30N4O2/c1-4-5-6-8-14(2)22-18(20-3)21-12-15-9-7-10-16(11-15)24-13-17(19)23/h7,9-11,14H,4-6,8,12-13H2,1-3H3,(H2,19,23)(H2,20,21,22). The Labute approximate surface area is 144 Å². The van der Waals surface area contributed by atoms with E-state index in [1.54, 1.807) is 13.1 Å². The van der Waals surface area contributed by atoms with Gasteiger partial charge in [0.1, 0.15) is 5.75 Å². The number of nitrogens with zero attached hydrogens (tertiary/aromatic N) is 1. The highest BCUT2D eigenvalue weighted by Crippen LogP contribution is 2.13. The minimum Gasteiger partial charge on any atom is -0.484 e. The third-order valence-corrected chi connectivity index (χ3v) is 3.59. The van der Waals surface area contributed by atoms with Crippen LogP contribution < -0.4 is 21.1 Å². The number of aliphatic imine (C=N–C) groups is 1. The summed E-state index contributed by atoms with van der Waals surface area (Å²) in [4.78, 5) is 15.0. The number of amides is 1. The maximum Gasteiger partial charge on any atom is 0.255 e. The molecule has 1 rings (SSSR count). The molecule has 0 radical (unpaired) electrons. The van der Waals surface area contributed by atoms with Crippen molar-refractivity contribution in [1.82, 2.24) is 10.6 Å². The molecule has 1 atom stereocenters. The van der Waals surface area contributed by atoms with Crippen molar-refractivity contribution in [2.24, 2.45) is 10.7 Å². The molecule has 0 aliphatic carbocycles. The highest BCUT2D eigenvalue weighted by Gasteiger charge is 2.05. The molecule has 0 aromatic heterocycles. The Bertz CT molecular complexity index is 532. The molecule has 0 aliphatic rings. The molecule has 0 bridgehead atoms. The first-order valence-corrected chi connectivity index (χ1v) is 8.52. The monoisotopic (exact) mass is 334 g/mol. The predicted molar refractivity (Wildman–Crippen MR) is 98.1 cm³/mol. The van der Waals surface area contributed by atoms with Crippen LogP contribution in [0.1, 0.15) is 45.1 Å². The van der Waals surface area contributed by atoms with Crippen molar-refractivity contribution in [3.8, 4) is 5.75 Å². The third kappa shape index (κ3) is 8.41. The molecule has 6 heteroatoms. The summed E-state index contributed by atoms with van der Waals surface area (Å²) in [6.07, 6.45) is 4.84. The van der Waals surface area contributed by atoms with Crippen molar-refractivity contribution in [3.05, 3.63) is 29.8 Å². The van der Waals surface area contributed by atoms with Gasteiger partial charge in [-0.05, 0) is 31.0 Å². The van der Waals surface area contributed by atoms with Crippen LogP contribution >= 0.6 is 0 Å². The van der Waals surface area contributed by atoms with Crippen LogP contribution in [0.4, 0.5) is 0 Å². The first-order chi connectivity index (χ1) is 11.5. The molecule has 0 aliphatic heterocycles. The number of guanidine groups is 1. The molecule has 0 fully saturated rings. The lowest BCUT2D eigenvalue weighted by molar-refractivity contribution is -0.119. The van der Waals surface area contributed by atoms with Crippen molar-refractivity contribution >= 4 is 11.9 Å². The Kier molecular flexibility index (Phi) is 9.34. The summed E-state index contributed by atoms with van der Waals surface area (Å²) >= 11 is 0. The van der Waals surface area contributed by atoms with Crippen LogP contribution in [0, 0.1) is 0 Å². The van der Waals surface area contributed by atoms with E-state index in [1.165, 1.54) is 19.3 Å². The van der Waals surface area contributed by atoms with Crippen LogP contribution in [0.3, 0.4) is 0 Å². The van der Waals surface area contributed by atoms with E-state index < -0.39 is 5.91 Å². The summed E-state index contributed by atoms with van der Waals surface area (Å²) in [5, 5.41) is 6.69. The molecule has 6 nitrogen and oxygen atoms in total. The summed E-state index contributed by atoms with van der Waals surface area (Å²) < 4.78 is 5.31. The molecule has 1 unspecified atom stereocenters. The SMILES string of the molecule is CCCCCC(C)NC(=NC)NCc1cccc(OCC(N)=O)c1. The molecule has 0 heterocycles. The van der Waals surface area contributed by atoms with Crippen LogP contribution in [-0.4, -0.2) is 31.6 Å². The second-order valence-electron chi connectivity index (χ2n) is 5.87. The Hall–Kier alpha value is -2.24. The van der Waals surface area contributed by atoms with E-state index in [1.807, 2.05) is 18.2 Å². The van der Waals surface area contributed by atoms with Crippen molar-refractivity contribution < 1.29 is 9.53 Å². The van der Waals surface area contributed by atoms with Gasteiger partial charge in [0.25, 0.3) is 5.91 Å². The average Bonchev–Trinajstić information content (AvgIpc) is 2.57. The lowest BCUT2D eigenvalue weighted by atomic mass is 10.1. The van der Waals surface area contributed by atoms with Crippen LogP contribution in [-0.2, 0) is 11.3 Å². The second-order valence-corrected chi connectivity index (χ2v) is 5.87. The Balaban J connectivity index is 2.45. The number of unbranched alkanes of at least 4 members (excludes halogenated alkanes) is 2. The van der Waals surface area contributed by atoms with E-state index >= 15 is 0 Å². The largest absolute Gasteiger partial charge is 0.484 e. The zero-order chi connectivity index (χ0) is 17.8. The van der Waals surface area contributed by atoms with Gasteiger partial charge in [0.2, 0.25) is 0 Å². The maximum atomic E-state index is 10.8. The van der Waals surface area contributed by atoms with Gasteiger partial charge in [-0.25, -0.2) is 0 Å². The van der Waals surface area contributed by atoms with Gasteiger partial charge in [0.15, 0.2) is 12.6 Å². The Morgan fingerprint density at radius 2 is 2.17 bits per heavy atom. The molecular formula is C18H30N4O2.